The van der Waals surface area contributed by atoms with Crippen molar-refractivity contribution in [3.8, 4) is 11.1 Å². The Hall–Kier alpha value is -2.38. The molecule has 0 spiro atoms. The van der Waals surface area contributed by atoms with Gasteiger partial charge in [0.25, 0.3) is 5.91 Å². The number of carbonyl (C=O) groups excluding carboxylic acids is 1. The maximum atomic E-state index is 13.7. The predicted molar refractivity (Wildman–Crippen MR) is 89.6 cm³/mol. The Labute approximate surface area is 148 Å². The first-order valence-electron chi connectivity index (χ1n) is 8.23. The minimum absolute atomic E-state index is 0.00554. The van der Waals surface area contributed by atoms with Gasteiger partial charge in [0.2, 0.25) is 5.60 Å². The molecule has 1 unspecified atom stereocenters. The molecule has 4 nitrogen and oxygen atoms in total. The largest absolute Gasteiger partial charge is 0.425 e. The highest BCUT2D eigenvalue weighted by molar-refractivity contribution is 5.96. The fourth-order valence-electron chi connectivity index (χ4n) is 3.24. The summed E-state index contributed by atoms with van der Waals surface area (Å²) >= 11 is 0. The molecule has 26 heavy (non-hydrogen) atoms. The van der Waals surface area contributed by atoms with Gasteiger partial charge < -0.3 is 15.5 Å². The number of fused-ring (bicyclic) bond motifs is 3. The molecule has 1 amide bonds. The zero-order valence-electron chi connectivity index (χ0n) is 13.8. The molecule has 3 N–H and O–H groups in total. The SMILES string of the molecule is O=C(NCCCCO)c1ccc2c(c1)C(O)(C(F)(F)F)c1ccccc1-2. The lowest BCUT2D eigenvalue weighted by atomic mass is 9.90. The Balaban J connectivity index is 2.00. The van der Waals surface area contributed by atoms with E-state index in [9.17, 15) is 23.1 Å². The molecule has 7 heteroatoms. The van der Waals surface area contributed by atoms with Crippen LogP contribution in [0.2, 0.25) is 0 Å². The van der Waals surface area contributed by atoms with Crippen molar-refractivity contribution in [2.24, 2.45) is 0 Å². The summed E-state index contributed by atoms with van der Waals surface area (Å²) in [5.74, 6) is -0.522. The summed E-state index contributed by atoms with van der Waals surface area (Å²) in [5.41, 5.74) is -3.11. The highest BCUT2D eigenvalue weighted by atomic mass is 19.4. The topological polar surface area (TPSA) is 69.6 Å². The number of unbranched alkanes of at least 4 members (excludes halogenated alkanes) is 1. The predicted octanol–water partition coefficient (Wildman–Crippen LogP) is 2.97. The van der Waals surface area contributed by atoms with E-state index < -0.39 is 17.7 Å². The van der Waals surface area contributed by atoms with Crippen LogP contribution in [0, 0.1) is 0 Å². The summed E-state index contributed by atoms with van der Waals surface area (Å²) in [7, 11) is 0. The Morgan fingerprint density at radius 3 is 2.42 bits per heavy atom. The zero-order chi connectivity index (χ0) is 18.9. The summed E-state index contributed by atoms with van der Waals surface area (Å²) in [6.07, 6.45) is -3.84. The van der Waals surface area contributed by atoms with Crippen LogP contribution >= 0.6 is 0 Å². The van der Waals surface area contributed by atoms with E-state index in [1.165, 1.54) is 30.3 Å². The molecule has 0 aliphatic heterocycles. The first kappa shape index (κ1) is 18.4. The van der Waals surface area contributed by atoms with Gasteiger partial charge in [-0.05, 0) is 36.1 Å². The van der Waals surface area contributed by atoms with Crippen LogP contribution in [0.1, 0.15) is 34.3 Å². The number of nitrogens with one attached hydrogen (secondary N) is 1. The number of amides is 1. The van der Waals surface area contributed by atoms with Crippen LogP contribution in [-0.2, 0) is 5.60 Å². The molecule has 138 valence electrons. The van der Waals surface area contributed by atoms with Gasteiger partial charge in [0.15, 0.2) is 0 Å². The molecule has 0 bridgehead atoms. The average molecular weight is 365 g/mol. The van der Waals surface area contributed by atoms with E-state index in [-0.39, 0.29) is 28.9 Å². The Morgan fingerprint density at radius 1 is 1.04 bits per heavy atom. The quantitative estimate of drug-likeness (QED) is 0.714. The molecule has 1 aliphatic rings. The van der Waals surface area contributed by atoms with Gasteiger partial charge in [-0.15, -0.1) is 0 Å². The Morgan fingerprint density at radius 2 is 1.73 bits per heavy atom. The fraction of sp³-hybridized carbons (Fsp3) is 0.316. The molecule has 0 radical (unpaired) electrons. The molecule has 3 rings (SSSR count). The molecule has 0 fully saturated rings. The van der Waals surface area contributed by atoms with Crippen LogP contribution in [-0.4, -0.2) is 35.4 Å². The van der Waals surface area contributed by atoms with Gasteiger partial charge in [-0.2, -0.15) is 13.2 Å². The van der Waals surface area contributed by atoms with E-state index in [4.69, 9.17) is 5.11 Å². The number of aliphatic hydroxyl groups excluding tert-OH is 1. The molecule has 2 aromatic carbocycles. The third kappa shape index (κ3) is 2.87. The van der Waals surface area contributed by atoms with Crippen molar-refractivity contribution < 1.29 is 28.2 Å². The number of carbonyl (C=O) groups is 1. The van der Waals surface area contributed by atoms with E-state index in [0.29, 0.717) is 24.9 Å². The Bertz CT molecular complexity index is 835. The molecular weight excluding hydrogens is 347 g/mol. The minimum Gasteiger partial charge on any atom is -0.396 e. The van der Waals surface area contributed by atoms with Crippen molar-refractivity contribution in [3.05, 3.63) is 59.2 Å². The number of rotatable bonds is 5. The lowest BCUT2D eigenvalue weighted by Crippen LogP contribution is -2.41. The molecule has 0 saturated heterocycles. The van der Waals surface area contributed by atoms with Crippen LogP contribution in [0.15, 0.2) is 42.5 Å². The van der Waals surface area contributed by atoms with Crippen LogP contribution in [0.3, 0.4) is 0 Å². The molecule has 1 atom stereocenters. The van der Waals surface area contributed by atoms with Crippen molar-refractivity contribution in [2.45, 2.75) is 24.6 Å². The molecule has 0 heterocycles. The molecule has 0 saturated carbocycles. The number of hydrogen-bond acceptors (Lipinski definition) is 3. The van der Waals surface area contributed by atoms with Crippen molar-refractivity contribution >= 4 is 5.91 Å². The maximum Gasteiger partial charge on any atom is 0.425 e. The van der Waals surface area contributed by atoms with Gasteiger partial charge in [-0.25, -0.2) is 0 Å². The van der Waals surface area contributed by atoms with E-state index in [2.05, 4.69) is 5.32 Å². The molecule has 1 aliphatic carbocycles. The minimum atomic E-state index is -4.93. The number of aliphatic hydroxyl groups is 2. The van der Waals surface area contributed by atoms with Gasteiger partial charge in [-0.1, -0.05) is 30.3 Å². The zero-order valence-corrected chi connectivity index (χ0v) is 13.8. The summed E-state index contributed by atoms with van der Waals surface area (Å²) in [6.45, 7) is 0.311. The highest BCUT2D eigenvalue weighted by Crippen LogP contribution is 2.54. The van der Waals surface area contributed by atoms with Crippen LogP contribution in [0.5, 0.6) is 0 Å². The second kappa shape index (κ2) is 6.74. The van der Waals surface area contributed by atoms with Gasteiger partial charge in [-0.3, -0.25) is 4.79 Å². The number of halogens is 3. The summed E-state index contributed by atoms with van der Waals surface area (Å²) in [6, 6.07) is 9.79. The normalized spacial score (nSPS) is 18.3. The van der Waals surface area contributed by atoms with Crippen molar-refractivity contribution in [3.63, 3.8) is 0 Å². The van der Waals surface area contributed by atoms with Crippen LogP contribution in [0.4, 0.5) is 13.2 Å². The molecule has 0 aromatic heterocycles. The van der Waals surface area contributed by atoms with E-state index >= 15 is 0 Å². The summed E-state index contributed by atoms with van der Waals surface area (Å²) in [4.78, 5) is 12.2. The monoisotopic (exact) mass is 365 g/mol. The summed E-state index contributed by atoms with van der Waals surface area (Å²) < 4.78 is 41.2. The number of benzene rings is 2. The number of hydrogen-bond donors (Lipinski definition) is 3. The standard InChI is InChI=1S/C19H18F3NO3/c20-19(21,22)18(26)15-6-2-1-5-13(15)14-8-7-12(11-16(14)18)17(25)23-9-3-4-10-24/h1-2,5-8,11,24,26H,3-4,9-10H2,(H,23,25). The smallest absolute Gasteiger partial charge is 0.396 e. The van der Waals surface area contributed by atoms with Gasteiger partial charge in [0, 0.05) is 29.8 Å². The first-order valence-corrected chi connectivity index (χ1v) is 8.23. The lowest BCUT2D eigenvalue weighted by Gasteiger charge is -2.28. The third-order valence-electron chi connectivity index (χ3n) is 4.56. The third-order valence-corrected chi connectivity index (χ3v) is 4.56. The summed E-state index contributed by atoms with van der Waals surface area (Å²) in [5, 5.41) is 21.9. The first-order chi connectivity index (χ1) is 12.3. The van der Waals surface area contributed by atoms with E-state index in [1.54, 1.807) is 6.07 Å². The maximum absolute atomic E-state index is 13.7. The Kier molecular flexibility index (Phi) is 4.77. The van der Waals surface area contributed by atoms with E-state index in [0.717, 1.165) is 6.07 Å². The fourth-order valence-corrected chi connectivity index (χ4v) is 3.24. The van der Waals surface area contributed by atoms with Crippen molar-refractivity contribution in [1.82, 2.24) is 5.32 Å². The van der Waals surface area contributed by atoms with Crippen LogP contribution < -0.4 is 5.32 Å². The highest BCUT2D eigenvalue weighted by Gasteiger charge is 2.60. The van der Waals surface area contributed by atoms with Gasteiger partial charge in [0.1, 0.15) is 0 Å². The average Bonchev–Trinajstić information content (AvgIpc) is 2.88. The van der Waals surface area contributed by atoms with Gasteiger partial charge in [0.05, 0.1) is 0 Å². The van der Waals surface area contributed by atoms with Crippen LogP contribution in [0.25, 0.3) is 11.1 Å². The van der Waals surface area contributed by atoms with Crippen molar-refractivity contribution in [2.75, 3.05) is 13.2 Å². The lowest BCUT2D eigenvalue weighted by molar-refractivity contribution is -0.246. The van der Waals surface area contributed by atoms with Gasteiger partial charge >= 0.3 is 6.18 Å². The second-order valence-electron chi connectivity index (χ2n) is 6.20. The second-order valence-corrected chi connectivity index (χ2v) is 6.20. The van der Waals surface area contributed by atoms with Crippen molar-refractivity contribution in [1.29, 1.82) is 0 Å². The van der Waals surface area contributed by atoms with E-state index in [1.807, 2.05) is 0 Å². The molecular formula is C19H18F3NO3. The number of alkyl halides is 3. The molecule has 2 aromatic rings.